The van der Waals surface area contributed by atoms with Crippen molar-refractivity contribution in [3.05, 3.63) is 53.5 Å². The molecule has 2 aromatic rings. The minimum atomic E-state index is 0.945. The van der Waals surface area contributed by atoms with E-state index in [-0.39, 0.29) is 0 Å². The Bertz CT molecular complexity index is 621. The zero-order chi connectivity index (χ0) is 16.1. The third-order valence-electron chi connectivity index (χ3n) is 4.31. The smallest absolute Gasteiger partial charge is 0.128 e. The van der Waals surface area contributed by atoms with E-state index in [1.165, 1.54) is 16.8 Å². The average Bonchev–Trinajstić information content (AvgIpc) is 2.59. The standard InChI is InChI=1S/C18H24N4S/c1-15-4-3-7-19-17(15)13-21-8-10-22(11-9-21)18-6-5-16(12-20-18)14-23-2/h3-7,12H,8-11,13-14H2,1-2H3. The topological polar surface area (TPSA) is 32.3 Å². The van der Waals surface area contributed by atoms with Gasteiger partial charge in [-0.3, -0.25) is 9.88 Å². The van der Waals surface area contributed by atoms with Crippen LogP contribution in [0.25, 0.3) is 0 Å². The third-order valence-corrected chi connectivity index (χ3v) is 4.93. The lowest BCUT2D eigenvalue weighted by atomic mass is 10.2. The lowest BCUT2D eigenvalue weighted by Gasteiger charge is -2.35. The highest BCUT2D eigenvalue weighted by Crippen LogP contribution is 2.17. The van der Waals surface area contributed by atoms with Crippen LogP contribution in [0.4, 0.5) is 5.82 Å². The van der Waals surface area contributed by atoms with Crippen molar-refractivity contribution in [1.82, 2.24) is 14.9 Å². The largest absolute Gasteiger partial charge is 0.354 e. The number of thioether (sulfide) groups is 1. The van der Waals surface area contributed by atoms with Gasteiger partial charge in [-0.15, -0.1) is 0 Å². The highest BCUT2D eigenvalue weighted by molar-refractivity contribution is 7.97. The maximum atomic E-state index is 4.63. The Hall–Kier alpha value is -1.59. The van der Waals surface area contributed by atoms with Crippen LogP contribution in [0.1, 0.15) is 16.8 Å². The van der Waals surface area contributed by atoms with E-state index in [1.807, 2.05) is 30.2 Å². The summed E-state index contributed by atoms with van der Waals surface area (Å²) < 4.78 is 0. The monoisotopic (exact) mass is 328 g/mol. The Balaban J connectivity index is 1.55. The van der Waals surface area contributed by atoms with Gasteiger partial charge in [-0.1, -0.05) is 12.1 Å². The molecule has 122 valence electrons. The molecule has 0 bridgehead atoms. The first-order chi connectivity index (χ1) is 11.3. The van der Waals surface area contributed by atoms with Crippen molar-refractivity contribution in [1.29, 1.82) is 0 Å². The molecule has 0 saturated carbocycles. The van der Waals surface area contributed by atoms with Gasteiger partial charge in [0, 0.05) is 50.9 Å². The van der Waals surface area contributed by atoms with Gasteiger partial charge in [0.2, 0.25) is 0 Å². The molecule has 1 fully saturated rings. The summed E-state index contributed by atoms with van der Waals surface area (Å²) in [5, 5.41) is 0. The van der Waals surface area contributed by atoms with Gasteiger partial charge in [0.25, 0.3) is 0 Å². The number of rotatable bonds is 5. The molecular formula is C18H24N4S. The summed E-state index contributed by atoms with van der Waals surface area (Å²) in [6.07, 6.45) is 6.02. The minimum Gasteiger partial charge on any atom is -0.354 e. The first kappa shape index (κ1) is 16.3. The van der Waals surface area contributed by atoms with Gasteiger partial charge in [0.15, 0.2) is 0 Å². The molecule has 2 aromatic heterocycles. The van der Waals surface area contributed by atoms with Gasteiger partial charge >= 0.3 is 0 Å². The molecule has 3 heterocycles. The Morgan fingerprint density at radius 3 is 2.57 bits per heavy atom. The number of hydrogen-bond acceptors (Lipinski definition) is 5. The average molecular weight is 328 g/mol. The van der Waals surface area contributed by atoms with Crippen molar-refractivity contribution in [3.63, 3.8) is 0 Å². The number of nitrogens with zero attached hydrogens (tertiary/aromatic N) is 4. The minimum absolute atomic E-state index is 0.945. The van der Waals surface area contributed by atoms with E-state index in [2.05, 4.69) is 51.1 Å². The maximum absolute atomic E-state index is 4.63. The molecule has 23 heavy (non-hydrogen) atoms. The molecule has 1 aliphatic rings. The van der Waals surface area contributed by atoms with Crippen LogP contribution in [0.15, 0.2) is 36.7 Å². The lowest BCUT2D eigenvalue weighted by Crippen LogP contribution is -2.46. The lowest BCUT2D eigenvalue weighted by molar-refractivity contribution is 0.246. The number of hydrogen-bond donors (Lipinski definition) is 0. The molecular weight excluding hydrogens is 304 g/mol. The van der Waals surface area contributed by atoms with Crippen molar-refractivity contribution < 1.29 is 0 Å². The second kappa shape index (κ2) is 7.79. The van der Waals surface area contributed by atoms with E-state index in [9.17, 15) is 0 Å². The fraction of sp³-hybridized carbons (Fsp3) is 0.444. The van der Waals surface area contributed by atoms with Crippen LogP contribution in [-0.2, 0) is 12.3 Å². The van der Waals surface area contributed by atoms with Gasteiger partial charge in [0.1, 0.15) is 5.82 Å². The van der Waals surface area contributed by atoms with Crippen LogP contribution in [-0.4, -0.2) is 47.3 Å². The summed E-state index contributed by atoms with van der Waals surface area (Å²) in [4.78, 5) is 14.0. The number of piperazine rings is 1. The van der Waals surface area contributed by atoms with E-state index in [4.69, 9.17) is 0 Å². The fourth-order valence-electron chi connectivity index (χ4n) is 2.89. The van der Waals surface area contributed by atoms with Crippen molar-refractivity contribution in [2.75, 3.05) is 37.3 Å². The summed E-state index contributed by atoms with van der Waals surface area (Å²) in [6.45, 7) is 7.26. The van der Waals surface area contributed by atoms with Gasteiger partial charge in [-0.2, -0.15) is 11.8 Å². The maximum Gasteiger partial charge on any atom is 0.128 e. The van der Waals surface area contributed by atoms with Crippen LogP contribution in [0.3, 0.4) is 0 Å². The first-order valence-electron chi connectivity index (χ1n) is 8.08. The quantitative estimate of drug-likeness (QED) is 0.842. The van der Waals surface area contributed by atoms with Crippen LogP contribution >= 0.6 is 11.8 Å². The SMILES string of the molecule is CSCc1ccc(N2CCN(Cc3ncccc3C)CC2)nc1. The van der Waals surface area contributed by atoms with E-state index in [0.717, 1.165) is 44.3 Å². The molecule has 0 amide bonds. The highest BCUT2D eigenvalue weighted by atomic mass is 32.2. The Kier molecular flexibility index (Phi) is 5.51. The molecule has 0 spiro atoms. The molecule has 0 radical (unpaired) electrons. The van der Waals surface area contributed by atoms with E-state index in [1.54, 1.807) is 0 Å². The van der Waals surface area contributed by atoms with Crippen molar-refractivity contribution in [3.8, 4) is 0 Å². The zero-order valence-corrected chi connectivity index (χ0v) is 14.7. The van der Waals surface area contributed by atoms with Gasteiger partial charge in [-0.25, -0.2) is 4.98 Å². The van der Waals surface area contributed by atoms with Crippen LogP contribution in [0, 0.1) is 6.92 Å². The van der Waals surface area contributed by atoms with Crippen LogP contribution in [0.5, 0.6) is 0 Å². The number of aryl methyl sites for hydroxylation is 1. The summed E-state index contributed by atoms with van der Waals surface area (Å²) >= 11 is 1.83. The second-order valence-corrected chi connectivity index (χ2v) is 6.85. The molecule has 3 rings (SSSR count). The molecule has 5 heteroatoms. The number of pyridine rings is 2. The molecule has 0 N–H and O–H groups in total. The second-order valence-electron chi connectivity index (χ2n) is 5.99. The summed E-state index contributed by atoms with van der Waals surface area (Å²) in [7, 11) is 0. The summed E-state index contributed by atoms with van der Waals surface area (Å²) in [6, 6.07) is 8.49. The molecule has 0 atom stereocenters. The first-order valence-corrected chi connectivity index (χ1v) is 9.47. The van der Waals surface area contributed by atoms with Gasteiger partial charge in [0.05, 0.1) is 5.69 Å². The Labute approximate surface area is 142 Å². The van der Waals surface area contributed by atoms with Crippen molar-refractivity contribution in [2.45, 2.75) is 19.2 Å². The van der Waals surface area contributed by atoms with Gasteiger partial charge in [-0.05, 0) is 36.4 Å². The van der Waals surface area contributed by atoms with E-state index >= 15 is 0 Å². The molecule has 0 unspecified atom stereocenters. The molecule has 1 aliphatic heterocycles. The number of aromatic nitrogens is 2. The van der Waals surface area contributed by atoms with Crippen molar-refractivity contribution >= 4 is 17.6 Å². The number of anilines is 1. The van der Waals surface area contributed by atoms with E-state index < -0.39 is 0 Å². The molecule has 0 aromatic carbocycles. The predicted octanol–water partition coefficient (Wildman–Crippen LogP) is 2.97. The van der Waals surface area contributed by atoms with E-state index in [0.29, 0.717) is 0 Å². The summed E-state index contributed by atoms with van der Waals surface area (Å²) in [5.41, 5.74) is 3.77. The van der Waals surface area contributed by atoms with Crippen LogP contribution < -0.4 is 4.90 Å². The zero-order valence-electron chi connectivity index (χ0n) is 13.9. The predicted molar refractivity (Wildman–Crippen MR) is 97.9 cm³/mol. The molecule has 0 aliphatic carbocycles. The Morgan fingerprint density at radius 2 is 1.91 bits per heavy atom. The molecule has 4 nitrogen and oxygen atoms in total. The Morgan fingerprint density at radius 1 is 1.09 bits per heavy atom. The third kappa shape index (κ3) is 4.24. The van der Waals surface area contributed by atoms with Crippen molar-refractivity contribution in [2.24, 2.45) is 0 Å². The van der Waals surface area contributed by atoms with Crippen LogP contribution in [0.2, 0.25) is 0 Å². The highest BCUT2D eigenvalue weighted by Gasteiger charge is 2.18. The molecule has 1 saturated heterocycles. The fourth-order valence-corrected chi connectivity index (χ4v) is 3.39. The van der Waals surface area contributed by atoms with Gasteiger partial charge < -0.3 is 4.90 Å². The summed E-state index contributed by atoms with van der Waals surface area (Å²) in [5.74, 6) is 2.13. The normalized spacial score (nSPS) is 15.8.